The van der Waals surface area contributed by atoms with Gasteiger partial charge in [0.25, 0.3) is 0 Å². The number of methoxy groups -OCH3 is 1. The normalized spacial score (nSPS) is 9.77. The van der Waals surface area contributed by atoms with Crippen LogP contribution in [0.25, 0.3) is 0 Å². The maximum absolute atomic E-state index is 13.1. The van der Waals surface area contributed by atoms with Gasteiger partial charge in [-0.05, 0) is 11.6 Å². The number of carbonyl (C=O) groups is 1. The van der Waals surface area contributed by atoms with Crippen LogP contribution in [-0.2, 0) is 11.3 Å². The molecule has 0 aliphatic heterocycles. The molecule has 0 saturated heterocycles. The van der Waals surface area contributed by atoms with Gasteiger partial charge in [-0.2, -0.15) is 0 Å². The zero-order valence-corrected chi connectivity index (χ0v) is 7.08. The smallest absolute Gasteiger partial charge is 0.359 e. The summed E-state index contributed by atoms with van der Waals surface area (Å²) in [5, 5.41) is 0. The van der Waals surface area contributed by atoms with E-state index in [1.807, 2.05) is 0 Å². The van der Waals surface area contributed by atoms with Crippen LogP contribution in [0.15, 0.2) is 12.3 Å². The standard InChI is InChI=1S/C8H9FN2O2/c1-13-8(12)7-6(9)2-5(3-10)4-11-7/h2,4H,3,10H2,1H3. The molecule has 2 N–H and O–H groups in total. The third-order valence-electron chi connectivity index (χ3n) is 1.51. The van der Waals surface area contributed by atoms with Crippen molar-refractivity contribution in [2.45, 2.75) is 6.54 Å². The van der Waals surface area contributed by atoms with E-state index >= 15 is 0 Å². The average Bonchev–Trinajstić information content (AvgIpc) is 2.16. The molecule has 1 rings (SSSR count). The number of carbonyl (C=O) groups excluding carboxylic acids is 1. The average molecular weight is 184 g/mol. The van der Waals surface area contributed by atoms with Gasteiger partial charge >= 0.3 is 5.97 Å². The first-order valence-corrected chi connectivity index (χ1v) is 3.62. The van der Waals surface area contributed by atoms with Crippen molar-refractivity contribution in [3.63, 3.8) is 0 Å². The zero-order chi connectivity index (χ0) is 9.84. The van der Waals surface area contributed by atoms with Crippen molar-refractivity contribution in [3.05, 3.63) is 29.3 Å². The Kier molecular flexibility index (Phi) is 2.92. The third kappa shape index (κ3) is 2.00. The van der Waals surface area contributed by atoms with Crippen LogP contribution in [0.5, 0.6) is 0 Å². The lowest BCUT2D eigenvalue weighted by atomic mass is 10.2. The minimum absolute atomic E-state index is 0.186. The van der Waals surface area contributed by atoms with Crippen LogP contribution in [0.4, 0.5) is 4.39 Å². The fraction of sp³-hybridized carbons (Fsp3) is 0.250. The lowest BCUT2D eigenvalue weighted by Crippen LogP contribution is -2.09. The van der Waals surface area contributed by atoms with Crippen molar-refractivity contribution in [3.8, 4) is 0 Å². The fourth-order valence-electron chi connectivity index (χ4n) is 0.836. The highest BCUT2D eigenvalue weighted by molar-refractivity contribution is 5.87. The first-order valence-electron chi connectivity index (χ1n) is 3.62. The Hall–Kier alpha value is -1.49. The molecule has 1 aromatic rings. The number of esters is 1. The highest BCUT2D eigenvalue weighted by Gasteiger charge is 2.13. The summed E-state index contributed by atoms with van der Waals surface area (Å²) in [5.41, 5.74) is 5.47. The van der Waals surface area contributed by atoms with Gasteiger partial charge in [0.1, 0.15) is 0 Å². The minimum atomic E-state index is -0.791. The number of aromatic nitrogens is 1. The molecule has 70 valence electrons. The van der Waals surface area contributed by atoms with Crippen molar-refractivity contribution in [1.29, 1.82) is 0 Å². The maximum Gasteiger partial charge on any atom is 0.359 e. The number of halogens is 1. The Labute approximate surface area is 74.5 Å². The number of nitrogens with zero attached hydrogens (tertiary/aromatic N) is 1. The second kappa shape index (κ2) is 3.95. The molecule has 4 nitrogen and oxygen atoms in total. The maximum atomic E-state index is 13.1. The molecule has 0 aliphatic rings. The van der Waals surface area contributed by atoms with Crippen LogP contribution < -0.4 is 5.73 Å². The topological polar surface area (TPSA) is 65.2 Å². The van der Waals surface area contributed by atoms with E-state index in [4.69, 9.17) is 5.73 Å². The summed E-state index contributed by atoms with van der Waals surface area (Å²) in [6, 6.07) is 1.17. The monoisotopic (exact) mass is 184 g/mol. The number of rotatable bonds is 2. The van der Waals surface area contributed by atoms with Gasteiger partial charge in [-0.3, -0.25) is 0 Å². The van der Waals surface area contributed by atoms with Gasteiger partial charge in [0.05, 0.1) is 7.11 Å². The minimum Gasteiger partial charge on any atom is -0.464 e. The summed E-state index contributed by atoms with van der Waals surface area (Å²) in [5.74, 6) is -1.50. The summed E-state index contributed by atoms with van der Waals surface area (Å²) in [4.78, 5) is 14.5. The van der Waals surface area contributed by atoms with E-state index in [0.29, 0.717) is 5.56 Å². The summed E-state index contributed by atoms with van der Waals surface area (Å²) in [6.07, 6.45) is 1.34. The second-order valence-electron chi connectivity index (χ2n) is 2.37. The van der Waals surface area contributed by atoms with Gasteiger partial charge in [-0.1, -0.05) is 0 Å². The largest absolute Gasteiger partial charge is 0.464 e. The van der Waals surface area contributed by atoms with Crippen LogP contribution >= 0.6 is 0 Å². The van der Waals surface area contributed by atoms with E-state index in [1.54, 1.807) is 0 Å². The molecule has 0 spiro atoms. The molecule has 1 aromatic heterocycles. The van der Waals surface area contributed by atoms with Gasteiger partial charge in [-0.15, -0.1) is 0 Å². The van der Waals surface area contributed by atoms with Crippen LogP contribution in [0, 0.1) is 5.82 Å². The van der Waals surface area contributed by atoms with Crippen molar-refractivity contribution < 1.29 is 13.9 Å². The van der Waals surface area contributed by atoms with Crippen molar-refractivity contribution in [2.75, 3.05) is 7.11 Å². The lowest BCUT2D eigenvalue weighted by molar-refractivity contribution is 0.0588. The van der Waals surface area contributed by atoms with Crippen LogP contribution in [-0.4, -0.2) is 18.1 Å². The zero-order valence-electron chi connectivity index (χ0n) is 7.08. The van der Waals surface area contributed by atoms with Gasteiger partial charge in [0.2, 0.25) is 0 Å². The van der Waals surface area contributed by atoms with Gasteiger partial charge in [0, 0.05) is 12.7 Å². The molecule has 0 fully saturated rings. The van der Waals surface area contributed by atoms with Crippen LogP contribution in [0.2, 0.25) is 0 Å². The molecule has 0 radical (unpaired) electrons. The fourth-order valence-corrected chi connectivity index (χ4v) is 0.836. The summed E-state index contributed by atoms with van der Waals surface area (Å²) in [6.45, 7) is 0.186. The Morgan fingerprint density at radius 2 is 2.46 bits per heavy atom. The Bertz CT molecular complexity index is 328. The highest BCUT2D eigenvalue weighted by atomic mass is 19.1. The molecular formula is C8H9FN2O2. The van der Waals surface area contributed by atoms with Crippen molar-refractivity contribution in [1.82, 2.24) is 4.98 Å². The van der Waals surface area contributed by atoms with E-state index in [9.17, 15) is 9.18 Å². The first-order chi connectivity index (χ1) is 6.19. The molecular weight excluding hydrogens is 175 g/mol. The van der Waals surface area contributed by atoms with E-state index in [2.05, 4.69) is 9.72 Å². The number of hydrogen-bond acceptors (Lipinski definition) is 4. The predicted octanol–water partition coefficient (Wildman–Crippen LogP) is 0.466. The van der Waals surface area contributed by atoms with Gasteiger partial charge in [0.15, 0.2) is 11.5 Å². The number of nitrogens with two attached hydrogens (primary N) is 1. The van der Waals surface area contributed by atoms with E-state index in [1.165, 1.54) is 19.4 Å². The quantitative estimate of drug-likeness (QED) is 0.678. The van der Waals surface area contributed by atoms with E-state index in [-0.39, 0.29) is 12.2 Å². The lowest BCUT2D eigenvalue weighted by Gasteiger charge is -2.01. The van der Waals surface area contributed by atoms with E-state index < -0.39 is 11.8 Å². The molecule has 0 aliphatic carbocycles. The molecule has 0 bridgehead atoms. The van der Waals surface area contributed by atoms with Gasteiger partial charge in [-0.25, -0.2) is 14.2 Å². The Morgan fingerprint density at radius 1 is 1.77 bits per heavy atom. The Morgan fingerprint density at radius 3 is 2.92 bits per heavy atom. The third-order valence-corrected chi connectivity index (χ3v) is 1.51. The van der Waals surface area contributed by atoms with E-state index in [0.717, 1.165) is 0 Å². The molecule has 13 heavy (non-hydrogen) atoms. The SMILES string of the molecule is COC(=O)c1ncc(CN)cc1F. The molecule has 5 heteroatoms. The summed E-state index contributed by atoms with van der Waals surface area (Å²) >= 11 is 0. The molecule has 1 heterocycles. The number of hydrogen-bond donors (Lipinski definition) is 1. The van der Waals surface area contributed by atoms with Crippen LogP contribution in [0.1, 0.15) is 16.1 Å². The molecule has 0 amide bonds. The van der Waals surface area contributed by atoms with Crippen molar-refractivity contribution in [2.24, 2.45) is 5.73 Å². The molecule has 0 atom stereocenters. The summed E-state index contributed by atoms with van der Waals surface area (Å²) < 4.78 is 17.4. The number of ether oxygens (including phenoxy) is 1. The summed E-state index contributed by atoms with van der Waals surface area (Å²) in [7, 11) is 1.17. The van der Waals surface area contributed by atoms with Crippen molar-refractivity contribution >= 4 is 5.97 Å². The van der Waals surface area contributed by atoms with Crippen LogP contribution in [0.3, 0.4) is 0 Å². The first kappa shape index (κ1) is 9.60. The number of pyridine rings is 1. The molecule has 0 aromatic carbocycles. The van der Waals surface area contributed by atoms with Gasteiger partial charge < -0.3 is 10.5 Å². The molecule has 0 unspecified atom stereocenters. The highest BCUT2D eigenvalue weighted by Crippen LogP contribution is 2.07. The molecule has 0 saturated carbocycles. The Balaban J connectivity index is 3.05. The second-order valence-corrected chi connectivity index (χ2v) is 2.37. The predicted molar refractivity (Wildman–Crippen MR) is 43.4 cm³/mol.